The van der Waals surface area contributed by atoms with Crippen molar-refractivity contribution in [2.45, 2.75) is 19.2 Å². The first-order valence-corrected chi connectivity index (χ1v) is 7.64. The number of rotatable bonds is 3. The van der Waals surface area contributed by atoms with E-state index in [1.165, 1.54) is 12.1 Å². The van der Waals surface area contributed by atoms with Crippen LogP contribution in [0.25, 0.3) is 0 Å². The van der Waals surface area contributed by atoms with E-state index in [2.05, 4.69) is 9.88 Å². The van der Waals surface area contributed by atoms with E-state index in [1.54, 1.807) is 10.6 Å². The SMILES string of the molecule is O=c1nc(OCc2cc(F)cc(F)c2)cc2n1CC1COCCN21. The van der Waals surface area contributed by atoms with E-state index in [4.69, 9.17) is 9.47 Å². The van der Waals surface area contributed by atoms with Crippen molar-refractivity contribution in [3.8, 4) is 5.88 Å². The third-order valence-corrected chi connectivity index (χ3v) is 4.19. The molecule has 8 heteroatoms. The number of benzene rings is 1. The number of fused-ring (bicyclic) bond motifs is 3. The summed E-state index contributed by atoms with van der Waals surface area (Å²) in [6.07, 6.45) is 0. The molecule has 0 aliphatic carbocycles. The highest BCUT2D eigenvalue weighted by molar-refractivity contribution is 5.47. The van der Waals surface area contributed by atoms with Gasteiger partial charge < -0.3 is 14.4 Å². The van der Waals surface area contributed by atoms with E-state index in [0.29, 0.717) is 31.9 Å². The topological polar surface area (TPSA) is 56.6 Å². The average Bonchev–Trinajstić information content (AvgIpc) is 2.92. The average molecular weight is 335 g/mol. The highest BCUT2D eigenvalue weighted by Gasteiger charge is 2.33. The molecule has 3 heterocycles. The van der Waals surface area contributed by atoms with Gasteiger partial charge >= 0.3 is 5.69 Å². The first-order chi connectivity index (χ1) is 11.6. The van der Waals surface area contributed by atoms with Crippen molar-refractivity contribution < 1.29 is 18.3 Å². The zero-order valence-corrected chi connectivity index (χ0v) is 12.7. The molecule has 0 N–H and O–H groups in total. The second-order valence-corrected chi connectivity index (χ2v) is 5.83. The highest BCUT2D eigenvalue weighted by Crippen LogP contribution is 2.28. The number of morpholine rings is 1. The van der Waals surface area contributed by atoms with Crippen molar-refractivity contribution >= 4 is 5.82 Å². The standard InChI is InChI=1S/C16H15F2N3O3/c17-11-3-10(4-12(18)5-11)8-24-14-6-15-20-1-2-23-9-13(20)7-21(15)16(22)19-14/h3-6,13H,1-2,7-9H2. The Morgan fingerprint density at radius 2 is 2.04 bits per heavy atom. The molecule has 24 heavy (non-hydrogen) atoms. The van der Waals surface area contributed by atoms with Gasteiger partial charge in [-0.1, -0.05) is 0 Å². The van der Waals surface area contributed by atoms with Gasteiger partial charge in [0.2, 0.25) is 5.88 Å². The molecule has 0 bridgehead atoms. The van der Waals surface area contributed by atoms with Gasteiger partial charge in [0.05, 0.1) is 25.8 Å². The van der Waals surface area contributed by atoms with E-state index in [0.717, 1.165) is 11.9 Å². The van der Waals surface area contributed by atoms with Crippen LogP contribution in [0.4, 0.5) is 14.6 Å². The molecule has 1 atom stereocenters. The predicted octanol–water partition coefficient (Wildman–Crippen LogP) is 1.32. The molecular formula is C16H15F2N3O3. The lowest BCUT2D eigenvalue weighted by atomic mass is 10.2. The van der Waals surface area contributed by atoms with Crippen molar-refractivity contribution in [2.24, 2.45) is 0 Å². The van der Waals surface area contributed by atoms with Gasteiger partial charge in [-0.25, -0.2) is 13.6 Å². The maximum Gasteiger partial charge on any atom is 0.352 e. The summed E-state index contributed by atoms with van der Waals surface area (Å²) in [5.74, 6) is -0.467. The summed E-state index contributed by atoms with van der Waals surface area (Å²) in [5.41, 5.74) is -0.0681. The Balaban J connectivity index is 1.57. The quantitative estimate of drug-likeness (QED) is 0.847. The molecule has 2 aliphatic rings. The van der Waals surface area contributed by atoms with Crippen molar-refractivity contribution in [2.75, 3.05) is 24.7 Å². The van der Waals surface area contributed by atoms with Crippen molar-refractivity contribution in [1.82, 2.24) is 9.55 Å². The molecule has 0 radical (unpaired) electrons. The first-order valence-electron chi connectivity index (χ1n) is 7.64. The molecule has 6 nitrogen and oxygen atoms in total. The lowest BCUT2D eigenvalue weighted by molar-refractivity contribution is 0.0956. The van der Waals surface area contributed by atoms with Gasteiger partial charge in [-0.15, -0.1) is 0 Å². The molecule has 1 saturated heterocycles. The van der Waals surface area contributed by atoms with E-state index >= 15 is 0 Å². The molecule has 1 unspecified atom stereocenters. The fraction of sp³-hybridized carbons (Fsp3) is 0.375. The van der Waals surface area contributed by atoms with E-state index in [-0.39, 0.29) is 18.5 Å². The maximum atomic E-state index is 13.2. The molecule has 126 valence electrons. The van der Waals surface area contributed by atoms with Crippen LogP contribution in [0.2, 0.25) is 0 Å². The number of anilines is 1. The van der Waals surface area contributed by atoms with Crippen molar-refractivity contribution in [3.63, 3.8) is 0 Å². The smallest absolute Gasteiger partial charge is 0.352 e. The summed E-state index contributed by atoms with van der Waals surface area (Å²) in [6.45, 7) is 2.34. The second kappa shape index (κ2) is 5.86. The molecular weight excluding hydrogens is 320 g/mol. The first kappa shape index (κ1) is 15.1. The molecule has 1 aromatic heterocycles. The van der Waals surface area contributed by atoms with Crippen molar-refractivity contribution in [1.29, 1.82) is 0 Å². The summed E-state index contributed by atoms with van der Waals surface area (Å²) in [4.78, 5) is 18.2. The van der Waals surface area contributed by atoms with Crippen LogP contribution in [0.1, 0.15) is 5.56 Å². The number of ether oxygens (including phenoxy) is 2. The van der Waals surface area contributed by atoms with Crippen LogP contribution in [-0.2, 0) is 17.9 Å². The van der Waals surface area contributed by atoms with Crippen LogP contribution in [0, 0.1) is 11.6 Å². The minimum Gasteiger partial charge on any atom is -0.473 e. The van der Waals surface area contributed by atoms with Gasteiger partial charge in [0.1, 0.15) is 24.1 Å². The second-order valence-electron chi connectivity index (χ2n) is 5.83. The molecule has 4 rings (SSSR count). The summed E-state index contributed by atoms with van der Waals surface area (Å²) < 4.78 is 38.9. The van der Waals surface area contributed by atoms with Gasteiger partial charge in [-0.2, -0.15) is 4.98 Å². The number of aromatic nitrogens is 2. The Kier molecular flexibility index (Phi) is 3.68. The number of hydrogen-bond donors (Lipinski definition) is 0. The van der Waals surface area contributed by atoms with Gasteiger partial charge in [0, 0.05) is 18.7 Å². The molecule has 2 aromatic rings. The number of halogens is 2. The summed E-state index contributed by atoms with van der Waals surface area (Å²) in [7, 11) is 0. The molecule has 0 saturated carbocycles. The Morgan fingerprint density at radius 1 is 1.25 bits per heavy atom. The van der Waals surface area contributed by atoms with Crippen LogP contribution in [0.15, 0.2) is 29.1 Å². The lowest BCUT2D eigenvalue weighted by Crippen LogP contribution is -2.43. The van der Waals surface area contributed by atoms with E-state index in [9.17, 15) is 13.6 Å². The summed E-state index contributed by atoms with van der Waals surface area (Å²) in [5, 5.41) is 0. The normalized spacial score (nSPS) is 19.1. The van der Waals surface area contributed by atoms with Gasteiger partial charge in [-0.05, 0) is 17.7 Å². The largest absolute Gasteiger partial charge is 0.473 e. The van der Waals surface area contributed by atoms with Crippen LogP contribution in [0.3, 0.4) is 0 Å². The Morgan fingerprint density at radius 3 is 2.83 bits per heavy atom. The lowest BCUT2D eigenvalue weighted by Gasteiger charge is -2.30. The van der Waals surface area contributed by atoms with E-state index < -0.39 is 17.3 Å². The summed E-state index contributed by atoms with van der Waals surface area (Å²) in [6, 6.07) is 4.97. The molecule has 0 spiro atoms. The van der Waals surface area contributed by atoms with Gasteiger partial charge in [0.25, 0.3) is 0 Å². The van der Waals surface area contributed by atoms with Gasteiger partial charge in [0.15, 0.2) is 0 Å². The molecule has 0 amide bonds. The van der Waals surface area contributed by atoms with Crippen LogP contribution >= 0.6 is 0 Å². The number of hydrogen-bond acceptors (Lipinski definition) is 5. The van der Waals surface area contributed by atoms with Gasteiger partial charge in [-0.3, -0.25) is 4.57 Å². The predicted molar refractivity (Wildman–Crippen MR) is 81.1 cm³/mol. The molecule has 1 fully saturated rings. The van der Waals surface area contributed by atoms with Crippen LogP contribution in [-0.4, -0.2) is 35.4 Å². The van der Waals surface area contributed by atoms with Crippen LogP contribution in [0.5, 0.6) is 5.88 Å². The van der Waals surface area contributed by atoms with Crippen molar-refractivity contribution in [3.05, 3.63) is 51.9 Å². The third kappa shape index (κ3) is 2.73. The maximum absolute atomic E-state index is 13.2. The fourth-order valence-corrected chi connectivity index (χ4v) is 3.13. The zero-order valence-electron chi connectivity index (χ0n) is 12.7. The highest BCUT2D eigenvalue weighted by atomic mass is 19.1. The minimum atomic E-state index is -0.674. The summed E-state index contributed by atoms with van der Waals surface area (Å²) >= 11 is 0. The molecule has 2 aliphatic heterocycles. The molecule has 1 aromatic carbocycles. The third-order valence-electron chi connectivity index (χ3n) is 4.19. The number of nitrogens with zero attached hydrogens (tertiary/aromatic N) is 3. The zero-order chi connectivity index (χ0) is 16.7. The Bertz CT molecular complexity index is 820. The van der Waals surface area contributed by atoms with Crippen LogP contribution < -0.4 is 15.3 Å². The Hall–Kier alpha value is -2.48. The monoisotopic (exact) mass is 335 g/mol. The van der Waals surface area contributed by atoms with E-state index in [1.807, 2.05) is 0 Å². The Labute approximate surface area is 136 Å². The fourth-order valence-electron chi connectivity index (χ4n) is 3.13. The minimum absolute atomic E-state index is 0.0723.